The molecule has 0 unspecified atom stereocenters. The molecule has 2 N–H and O–H groups in total. The second-order valence-corrected chi connectivity index (χ2v) is 5.01. The lowest BCUT2D eigenvalue weighted by molar-refractivity contribution is 0.409. The summed E-state index contributed by atoms with van der Waals surface area (Å²) in [5, 5.41) is 0. The monoisotopic (exact) mass is 272 g/mol. The van der Waals surface area contributed by atoms with Gasteiger partial charge in [0.25, 0.3) is 5.56 Å². The van der Waals surface area contributed by atoms with E-state index in [1.807, 2.05) is 32.2 Å². The number of aromatic nitrogens is 1. The molecular weight excluding hydrogens is 252 g/mol. The molecule has 0 aliphatic heterocycles. The minimum absolute atomic E-state index is 0.0241. The van der Waals surface area contributed by atoms with E-state index in [0.29, 0.717) is 6.54 Å². The standard InChI is InChI=1S/C16H20N2O2/c1-10-5-12(7-15(20-4)14(10)8-17)13-6-11(2)16(19)18(3)9-13/h5-7,9H,8,17H2,1-4H3. The van der Waals surface area contributed by atoms with Gasteiger partial charge in [-0.1, -0.05) is 6.07 Å². The molecule has 1 aromatic carbocycles. The first-order valence-corrected chi connectivity index (χ1v) is 6.53. The van der Waals surface area contributed by atoms with Gasteiger partial charge in [-0.2, -0.15) is 0 Å². The second-order valence-electron chi connectivity index (χ2n) is 5.01. The average Bonchev–Trinajstić information content (AvgIpc) is 2.43. The number of pyridine rings is 1. The van der Waals surface area contributed by atoms with E-state index in [1.165, 1.54) is 0 Å². The molecule has 1 heterocycles. The fraction of sp³-hybridized carbons (Fsp3) is 0.312. The van der Waals surface area contributed by atoms with E-state index in [0.717, 1.165) is 33.6 Å². The molecule has 1 aromatic heterocycles. The third kappa shape index (κ3) is 2.47. The topological polar surface area (TPSA) is 57.2 Å². The van der Waals surface area contributed by atoms with Gasteiger partial charge in [0.15, 0.2) is 0 Å². The van der Waals surface area contributed by atoms with Crippen LogP contribution in [0.2, 0.25) is 0 Å². The van der Waals surface area contributed by atoms with Gasteiger partial charge in [-0.05, 0) is 42.7 Å². The van der Waals surface area contributed by atoms with Crippen molar-refractivity contribution in [2.24, 2.45) is 12.8 Å². The van der Waals surface area contributed by atoms with Crippen LogP contribution in [0.1, 0.15) is 16.7 Å². The molecule has 2 aromatic rings. The Balaban J connectivity index is 2.65. The number of nitrogens with two attached hydrogens (primary N) is 1. The van der Waals surface area contributed by atoms with Crippen LogP contribution < -0.4 is 16.0 Å². The smallest absolute Gasteiger partial charge is 0.253 e. The minimum atomic E-state index is 0.0241. The van der Waals surface area contributed by atoms with Crippen LogP contribution >= 0.6 is 0 Å². The van der Waals surface area contributed by atoms with E-state index < -0.39 is 0 Å². The molecule has 0 fully saturated rings. The molecule has 0 amide bonds. The minimum Gasteiger partial charge on any atom is -0.496 e. The third-order valence-electron chi connectivity index (χ3n) is 3.55. The van der Waals surface area contributed by atoms with Crippen molar-refractivity contribution in [3.8, 4) is 16.9 Å². The zero-order valence-electron chi connectivity index (χ0n) is 12.4. The Morgan fingerprint density at radius 2 is 1.80 bits per heavy atom. The van der Waals surface area contributed by atoms with Gasteiger partial charge in [-0.15, -0.1) is 0 Å². The number of benzene rings is 1. The summed E-state index contributed by atoms with van der Waals surface area (Å²) >= 11 is 0. The molecule has 0 aliphatic rings. The molecule has 0 atom stereocenters. The number of nitrogens with zero attached hydrogens (tertiary/aromatic N) is 1. The largest absolute Gasteiger partial charge is 0.496 e. The van der Waals surface area contributed by atoms with Crippen molar-refractivity contribution in [3.05, 3.63) is 51.4 Å². The lowest BCUT2D eigenvalue weighted by Crippen LogP contribution is -2.18. The van der Waals surface area contributed by atoms with E-state index in [9.17, 15) is 4.79 Å². The van der Waals surface area contributed by atoms with E-state index >= 15 is 0 Å². The normalized spacial score (nSPS) is 10.7. The van der Waals surface area contributed by atoms with Crippen molar-refractivity contribution in [2.45, 2.75) is 20.4 Å². The van der Waals surface area contributed by atoms with E-state index in [2.05, 4.69) is 6.07 Å². The summed E-state index contributed by atoms with van der Waals surface area (Å²) < 4.78 is 7.02. The Morgan fingerprint density at radius 1 is 1.15 bits per heavy atom. The Kier molecular flexibility index (Phi) is 3.95. The Bertz CT molecular complexity index is 676. The van der Waals surface area contributed by atoms with Crippen LogP contribution in [0.5, 0.6) is 5.75 Å². The van der Waals surface area contributed by atoms with Gasteiger partial charge in [-0.3, -0.25) is 4.79 Å². The highest BCUT2D eigenvalue weighted by atomic mass is 16.5. The molecule has 0 bridgehead atoms. The number of hydrogen-bond donors (Lipinski definition) is 1. The van der Waals surface area contributed by atoms with Crippen molar-refractivity contribution in [2.75, 3.05) is 7.11 Å². The molecule has 0 saturated heterocycles. The highest BCUT2D eigenvalue weighted by molar-refractivity contribution is 5.67. The van der Waals surface area contributed by atoms with E-state index in [1.54, 1.807) is 18.7 Å². The fourth-order valence-corrected chi connectivity index (χ4v) is 2.43. The number of aryl methyl sites for hydroxylation is 3. The van der Waals surface area contributed by atoms with Gasteiger partial charge in [0.05, 0.1) is 7.11 Å². The number of ether oxygens (including phenoxy) is 1. The maximum Gasteiger partial charge on any atom is 0.253 e. The summed E-state index contributed by atoms with van der Waals surface area (Å²) in [5.74, 6) is 0.786. The average molecular weight is 272 g/mol. The van der Waals surface area contributed by atoms with Gasteiger partial charge < -0.3 is 15.0 Å². The molecule has 106 valence electrons. The second kappa shape index (κ2) is 5.51. The molecule has 20 heavy (non-hydrogen) atoms. The quantitative estimate of drug-likeness (QED) is 0.931. The Hall–Kier alpha value is -2.07. The SMILES string of the molecule is COc1cc(-c2cc(C)c(=O)n(C)c2)cc(C)c1CN. The van der Waals surface area contributed by atoms with Gasteiger partial charge in [-0.25, -0.2) is 0 Å². The van der Waals surface area contributed by atoms with Crippen LogP contribution in [0.3, 0.4) is 0 Å². The third-order valence-corrected chi connectivity index (χ3v) is 3.55. The van der Waals surface area contributed by atoms with Gasteiger partial charge >= 0.3 is 0 Å². The van der Waals surface area contributed by atoms with Gasteiger partial charge in [0, 0.05) is 30.9 Å². The number of rotatable bonds is 3. The van der Waals surface area contributed by atoms with Crippen LogP contribution in [-0.2, 0) is 13.6 Å². The lowest BCUT2D eigenvalue weighted by Gasteiger charge is -2.14. The maximum atomic E-state index is 11.8. The fourth-order valence-electron chi connectivity index (χ4n) is 2.43. The maximum absolute atomic E-state index is 11.8. The van der Waals surface area contributed by atoms with Crippen molar-refractivity contribution in [1.29, 1.82) is 0 Å². The molecule has 0 spiro atoms. The zero-order valence-corrected chi connectivity index (χ0v) is 12.4. The molecule has 4 nitrogen and oxygen atoms in total. The molecule has 0 aliphatic carbocycles. The van der Waals surface area contributed by atoms with Crippen LogP contribution in [0.15, 0.2) is 29.2 Å². The summed E-state index contributed by atoms with van der Waals surface area (Å²) in [6.07, 6.45) is 1.84. The molecule has 2 rings (SSSR count). The summed E-state index contributed by atoms with van der Waals surface area (Å²) in [6, 6.07) is 5.94. The van der Waals surface area contributed by atoms with Crippen molar-refractivity contribution in [1.82, 2.24) is 4.57 Å². The Morgan fingerprint density at radius 3 is 2.35 bits per heavy atom. The molecular formula is C16H20N2O2. The lowest BCUT2D eigenvalue weighted by atomic mass is 9.99. The number of hydrogen-bond acceptors (Lipinski definition) is 3. The van der Waals surface area contributed by atoms with Crippen molar-refractivity contribution in [3.63, 3.8) is 0 Å². The first-order chi connectivity index (χ1) is 9.47. The molecule has 0 saturated carbocycles. The van der Waals surface area contributed by atoms with Gasteiger partial charge in [0.2, 0.25) is 0 Å². The number of methoxy groups -OCH3 is 1. The van der Waals surface area contributed by atoms with Crippen LogP contribution in [0, 0.1) is 13.8 Å². The summed E-state index contributed by atoms with van der Waals surface area (Å²) in [6.45, 7) is 4.29. The van der Waals surface area contributed by atoms with Crippen molar-refractivity contribution >= 4 is 0 Å². The van der Waals surface area contributed by atoms with Crippen LogP contribution in [0.25, 0.3) is 11.1 Å². The van der Waals surface area contributed by atoms with E-state index in [4.69, 9.17) is 10.5 Å². The first-order valence-electron chi connectivity index (χ1n) is 6.53. The first kappa shape index (κ1) is 14.3. The van der Waals surface area contributed by atoms with Crippen molar-refractivity contribution < 1.29 is 4.74 Å². The van der Waals surface area contributed by atoms with Gasteiger partial charge in [0.1, 0.15) is 5.75 Å². The Labute approximate surface area is 118 Å². The molecule has 0 radical (unpaired) electrons. The molecule has 4 heteroatoms. The summed E-state index contributed by atoms with van der Waals surface area (Å²) in [5.41, 5.74) is 10.6. The highest BCUT2D eigenvalue weighted by Gasteiger charge is 2.10. The highest BCUT2D eigenvalue weighted by Crippen LogP contribution is 2.29. The van der Waals surface area contributed by atoms with E-state index in [-0.39, 0.29) is 5.56 Å². The summed E-state index contributed by atoms with van der Waals surface area (Å²) in [4.78, 5) is 11.8. The van der Waals surface area contributed by atoms with Crippen LogP contribution in [0.4, 0.5) is 0 Å². The zero-order chi connectivity index (χ0) is 14.9. The van der Waals surface area contributed by atoms with Crippen LogP contribution in [-0.4, -0.2) is 11.7 Å². The predicted molar refractivity (Wildman–Crippen MR) is 81.0 cm³/mol. The predicted octanol–water partition coefficient (Wildman–Crippen LogP) is 2.14. The summed E-state index contributed by atoms with van der Waals surface area (Å²) in [7, 11) is 3.40.